The van der Waals surface area contributed by atoms with Gasteiger partial charge in [-0.3, -0.25) is 4.79 Å². The molecule has 0 rings (SSSR count). The molecule has 0 aromatic carbocycles. The van der Waals surface area contributed by atoms with Gasteiger partial charge in [0, 0.05) is 6.54 Å². The summed E-state index contributed by atoms with van der Waals surface area (Å²) in [5.41, 5.74) is 0. The highest BCUT2D eigenvalue weighted by Crippen LogP contribution is 1.84. The Morgan fingerprint density at radius 1 is 1.46 bits per heavy atom. The van der Waals surface area contributed by atoms with Gasteiger partial charge in [-0.15, -0.1) is 0 Å². The Balaban J connectivity index is 3.96. The third kappa shape index (κ3) is 9.19. The minimum absolute atomic E-state index is 0.496. The number of likely N-dealkylation sites (N-methyl/N-ethyl adjacent to an activating group) is 1. The highest BCUT2D eigenvalue weighted by atomic mass is 32.2. The van der Waals surface area contributed by atoms with Crippen molar-refractivity contribution in [1.82, 2.24) is 4.90 Å². The van der Waals surface area contributed by atoms with Crippen molar-refractivity contribution >= 4 is 15.8 Å². The number of nitrogens with zero attached hydrogens (tertiary/aromatic N) is 1. The van der Waals surface area contributed by atoms with E-state index in [0.717, 1.165) is 0 Å². The molecule has 0 aliphatic heterocycles. The number of carbonyl (C=O) groups excluding carboxylic acids is 1. The van der Waals surface area contributed by atoms with E-state index in [-0.39, 0.29) is 0 Å². The molecule has 13 heavy (non-hydrogen) atoms. The lowest BCUT2D eigenvalue weighted by Gasteiger charge is -2.02. The molecule has 0 unspecified atom stereocenters. The maximum absolute atomic E-state index is 10.9. The Hall–Kier alpha value is -0.720. The number of hydrogen-bond acceptors (Lipinski definition) is 4. The summed E-state index contributed by atoms with van der Waals surface area (Å²) in [6.07, 6.45) is 2.82. The number of nitrogens with two attached hydrogens (primary N) is 1. The fraction of sp³-hybridized carbons (Fsp3) is 0.571. The van der Waals surface area contributed by atoms with Crippen molar-refractivity contribution in [2.24, 2.45) is 5.14 Å². The quantitative estimate of drug-likeness (QED) is 0.583. The zero-order valence-corrected chi connectivity index (χ0v) is 8.54. The van der Waals surface area contributed by atoms with Crippen LogP contribution in [-0.2, 0) is 14.8 Å². The minimum atomic E-state index is -3.69. The Morgan fingerprint density at radius 2 is 2.00 bits per heavy atom. The Bertz CT molecular complexity index is 293. The molecular weight excluding hydrogens is 192 g/mol. The highest BCUT2D eigenvalue weighted by molar-refractivity contribution is 7.89. The molecule has 0 spiro atoms. The van der Waals surface area contributed by atoms with Crippen molar-refractivity contribution in [3.05, 3.63) is 12.2 Å². The second kappa shape index (κ2) is 5.11. The van der Waals surface area contributed by atoms with Gasteiger partial charge in [-0.2, -0.15) is 0 Å². The van der Waals surface area contributed by atoms with Gasteiger partial charge in [0.2, 0.25) is 10.0 Å². The van der Waals surface area contributed by atoms with Gasteiger partial charge in [-0.25, -0.2) is 13.6 Å². The molecule has 0 saturated heterocycles. The van der Waals surface area contributed by atoms with E-state index >= 15 is 0 Å². The third-order valence-electron chi connectivity index (χ3n) is 1.12. The van der Waals surface area contributed by atoms with Gasteiger partial charge >= 0.3 is 0 Å². The molecule has 2 N–H and O–H groups in total. The zero-order valence-electron chi connectivity index (χ0n) is 7.73. The van der Waals surface area contributed by atoms with E-state index in [1.165, 1.54) is 6.08 Å². The van der Waals surface area contributed by atoms with Crippen molar-refractivity contribution in [3.8, 4) is 0 Å². The van der Waals surface area contributed by atoms with Crippen LogP contribution in [0, 0.1) is 0 Å². The van der Waals surface area contributed by atoms with E-state index in [2.05, 4.69) is 5.14 Å². The molecule has 0 heterocycles. The standard InChI is InChI=1S/C7H14N2O3S/c1-9(2)5-3-4-7(10)6-13(8,11)12/h3-4H,5-6H2,1-2H3,(H2,8,11,12). The maximum atomic E-state index is 10.9. The number of carbonyl (C=O) groups is 1. The average Bonchev–Trinajstić information content (AvgIpc) is 1.81. The van der Waals surface area contributed by atoms with Crippen molar-refractivity contribution in [2.45, 2.75) is 0 Å². The molecule has 0 saturated carbocycles. The number of hydrogen-bond donors (Lipinski definition) is 1. The van der Waals surface area contributed by atoms with Gasteiger partial charge in [-0.05, 0) is 20.2 Å². The molecule has 0 amide bonds. The zero-order chi connectivity index (χ0) is 10.5. The number of allylic oxidation sites excluding steroid dienone is 1. The van der Waals surface area contributed by atoms with Crippen LogP contribution in [0.2, 0.25) is 0 Å². The molecule has 6 heteroatoms. The van der Waals surface area contributed by atoms with E-state index in [1.807, 2.05) is 19.0 Å². The van der Waals surface area contributed by atoms with Gasteiger partial charge in [0.15, 0.2) is 5.78 Å². The van der Waals surface area contributed by atoms with E-state index in [1.54, 1.807) is 6.08 Å². The molecule has 0 atom stereocenters. The Kier molecular flexibility index (Phi) is 4.82. The van der Waals surface area contributed by atoms with E-state index in [4.69, 9.17) is 0 Å². The first-order valence-corrected chi connectivity index (χ1v) is 5.37. The van der Waals surface area contributed by atoms with E-state index < -0.39 is 21.6 Å². The molecule has 0 fully saturated rings. The largest absolute Gasteiger partial charge is 0.306 e. The van der Waals surface area contributed by atoms with Crippen LogP contribution in [0.4, 0.5) is 0 Å². The summed E-state index contributed by atoms with van der Waals surface area (Å²) in [6, 6.07) is 0. The predicted octanol–water partition coefficient (Wildman–Crippen LogP) is -1.04. The first-order valence-electron chi connectivity index (χ1n) is 3.66. The first-order chi connectivity index (χ1) is 5.81. The molecular formula is C7H14N2O3S. The van der Waals surface area contributed by atoms with Gasteiger partial charge in [-0.1, -0.05) is 6.08 Å². The Labute approximate surface area is 78.3 Å². The van der Waals surface area contributed by atoms with Gasteiger partial charge in [0.1, 0.15) is 5.75 Å². The lowest BCUT2D eigenvalue weighted by molar-refractivity contribution is -0.112. The fourth-order valence-electron chi connectivity index (χ4n) is 0.641. The van der Waals surface area contributed by atoms with Gasteiger partial charge < -0.3 is 4.90 Å². The summed E-state index contributed by atoms with van der Waals surface area (Å²) in [4.78, 5) is 12.7. The number of ketones is 1. The first kappa shape index (κ1) is 12.3. The molecule has 0 radical (unpaired) electrons. The lowest BCUT2D eigenvalue weighted by Crippen LogP contribution is -2.22. The van der Waals surface area contributed by atoms with Crippen LogP contribution >= 0.6 is 0 Å². The number of rotatable bonds is 5. The van der Waals surface area contributed by atoms with E-state index in [9.17, 15) is 13.2 Å². The van der Waals surface area contributed by atoms with Crippen molar-refractivity contribution in [2.75, 3.05) is 26.4 Å². The highest BCUT2D eigenvalue weighted by Gasteiger charge is 2.07. The third-order valence-corrected chi connectivity index (χ3v) is 1.80. The number of primary sulfonamides is 1. The fourth-order valence-corrected chi connectivity index (χ4v) is 1.13. The van der Waals surface area contributed by atoms with Crippen LogP contribution in [-0.4, -0.2) is 45.5 Å². The molecule has 0 aromatic rings. The van der Waals surface area contributed by atoms with Crippen LogP contribution < -0.4 is 5.14 Å². The average molecular weight is 206 g/mol. The normalized spacial score (nSPS) is 12.6. The van der Waals surface area contributed by atoms with E-state index in [0.29, 0.717) is 6.54 Å². The SMILES string of the molecule is CN(C)CC=CC(=O)CS(N)(=O)=O. The summed E-state index contributed by atoms with van der Waals surface area (Å²) >= 11 is 0. The maximum Gasteiger partial charge on any atom is 0.216 e. The van der Waals surface area contributed by atoms with Crippen LogP contribution in [0.3, 0.4) is 0 Å². The summed E-state index contributed by atoms with van der Waals surface area (Å²) < 4.78 is 20.9. The summed E-state index contributed by atoms with van der Waals surface area (Å²) in [6.45, 7) is 0.594. The predicted molar refractivity (Wildman–Crippen MR) is 50.7 cm³/mol. The molecule has 0 aliphatic carbocycles. The molecule has 0 aliphatic rings. The second-order valence-corrected chi connectivity index (χ2v) is 4.55. The van der Waals surface area contributed by atoms with Crippen molar-refractivity contribution in [1.29, 1.82) is 0 Å². The molecule has 0 bridgehead atoms. The lowest BCUT2D eigenvalue weighted by atomic mass is 10.4. The van der Waals surface area contributed by atoms with Crippen molar-refractivity contribution < 1.29 is 13.2 Å². The Morgan fingerprint density at radius 3 is 2.38 bits per heavy atom. The van der Waals surface area contributed by atoms with Crippen LogP contribution in [0.15, 0.2) is 12.2 Å². The monoisotopic (exact) mass is 206 g/mol. The van der Waals surface area contributed by atoms with Crippen LogP contribution in [0.5, 0.6) is 0 Å². The van der Waals surface area contributed by atoms with Crippen LogP contribution in [0.25, 0.3) is 0 Å². The minimum Gasteiger partial charge on any atom is -0.306 e. The number of sulfonamides is 1. The summed E-state index contributed by atoms with van der Waals surface area (Å²) in [5, 5.41) is 4.67. The molecule has 76 valence electrons. The topological polar surface area (TPSA) is 80.5 Å². The molecule has 5 nitrogen and oxygen atoms in total. The summed E-state index contributed by atoms with van der Waals surface area (Å²) in [5.74, 6) is -1.12. The van der Waals surface area contributed by atoms with Crippen LogP contribution in [0.1, 0.15) is 0 Å². The smallest absolute Gasteiger partial charge is 0.216 e. The molecule has 0 aromatic heterocycles. The van der Waals surface area contributed by atoms with Gasteiger partial charge in [0.05, 0.1) is 0 Å². The van der Waals surface area contributed by atoms with Gasteiger partial charge in [0.25, 0.3) is 0 Å². The summed E-state index contributed by atoms with van der Waals surface area (Å²) in [7, 11) is -0.00490. The van der Waals surface area contributed by atoms with Crippen molar-refractivity contribution in [3.63, 3.8) is 0 Å². The second-order valence-electron chi connectivity index (χ2n) is 2.94.